The van der Waals surface area contributed by atoms with Gasteiger partial charge in [-0.05, 0) is 31.9 Å². The van der Waals surface area contributed by atoms with E-state index in [0.29, 0.717) is 0 Å². The summed E-state index contributed by atoms with van der Waals surface area (Å²) in [6.45, 7) is 10.9. The molecule has 1 atom stereocenters. The van der Waals surface area contributed by atoms with Crippen LogP contribution < -0.4 is 20.4 Å². The number of hydrogen-bond donors (Lipinski definition) is 4. The molecule has 4 N–H and O–H groups in total. The Morgan fingerprint density at radius 3 is 2.20 bits per heavy atom. The quantitative estimate of drug-likeness (QED) is 0.508. The van der Waals surface area contributed by atoms with Crippen molar-refractivity contribution in [3.8, 4) is 0 Å². The lowest BCUT2D eigenvalue weighted by Crippen LogP contribution is -3.29. The lowest BCUT2D eigenvalue weighted by molar-refractivity contribution is -1.02. The van der Waals surface area contributed by atoms with Crippen molar-refractivity contribution in [1.82, 2.24) is 5.32 Å². The highest BCUT2D eigenvalue weighted by Gasteiger charge is 2.31. The van der Waals surface area contributed by atoms with Gasteiger partial charge in [0.25, 0.3) is 5.91 Å². The summed E-state index contributed by atoms with van der Waals surface area (Å²) in [5.41, 5.74) is 4.22. The minimum atomic E-state index is -0.194. The van der Waals surface area contributed by atoms with Crippen molar-refractivity contribution >= 4 is 17.5 Å². The lowest BCUT2D eigenvalue weighted by atomic mass is 10.1. The molecule has 3 rings (SSSR count). The first-order valence-corrected chi connectivity index (χ1v) is 10.8. The van der Waals surface area contributed by atoms with Crippen molar-refractivity contribution in [3.05, 3.63) is 65.2 Å². The van der Waals surface area contributed by atoms with Crippen LogP contribution in [0.2, 0.25) is 0 Å². The van der Waals surface area contributed by atoms with Gasteiger partial charge >= 0.3 is 0 Å². The molecule has 30 heavy (non-hydrogen) atoms. The van der Waals surface area contributed by atoms with E-state index in [2.05, 4.69) is 34.9 Å². The maximum absolute atomic E-state index is 12.6. The smallest absolute Gasteiger partial charge is 0.278 e. The van der Waals surface area contributed by atoms with Crippen LogP contribution in [0.15, 0.2) is 48.5 Å². The second-order valence-corrected chi connectivity index (χ2v) is 8.33. The van der Waals surface area contributed by atoms with Crippen LogP contribution in [0.3, 0.4) is 0 Å². The molecular formula is C24H34N4O2+2. The van der Waals surface area contributed by atoms with Gasteiger partial charge < -0.3 is 20.4 Å². The number of rotatable bonds is 7. The Hall–Kier alpha value is -2.70. The summed E-state index contributed by atoms with van der Waals surface area (Å²) < 4.78 is 0. The van der Waals surface area contributed by atoms with Crippen molar-refractivity contribution in [2.24, 2.45) is 0 Å². The first kappa shape index (κ1) is 22.0. The Morgan fingerprint density at radius 2 is 1.57 bits per heavy atom. The Labute approximate surface area is 179 Å². The molecule has 0 aromatic heterocycles. The van der Waals surface area contributed by atoms with E-state index in [4.69, 9.17) is 0 Å². The third-order valence-electron chi connectivity index (χ3n) is 6.07. The van der Waals surface area contributed by atoms with Crippen LogP contribution in [0, 0.1) is 13.8 Å². The average molecular weight is 411 g/mol. The molecule has 160 valence electrons. The standard InChI is InChI=1S/C24H32N4O2/c1-18-8-7-9-19(2)23(18)26-22(29)16-25-24(30)20(3)28-14-12-27(13-15-28)17-21-10-5-4-6-11-21/h4-11,20H,12-17H2,1-3H3,(H,25,30)(H,26,29)/p+2/t20-/m0/s1. The Bertz CT molecular complexity index is 841. The van der Waals surface area contributed by atoms with Crippen molar-refractivity contribution in [2.75, 3.05) is 38.0 Å². The number of carbonyl (C=O) groups excluding carboxylic acids is 2. The SMILES string of the molecule is Cc1cccc(C)c1NC(=O)CNC(=O)[C@H](C)[NH+]1CC[NH+](Cc2ccccc2)CC1. The largest absolute Gasteiger partial charge is 0.342 e. The van der Waals surface area contributed by atoms with Gasteiger partial charge in [0.2, 0.25) is 5.91 Å². The summed E-state index contributed by atoms with van der Waals surface area (Å²) in [6.07, 6.45) is 0. The van der Waals surface area contributed by atoms with E-state index in [0.717, 1.165) is 49.5 Å². The molecule has 2 aromatic rings. The van der Waals surface area contributed by atoms with Crippen LogP contribution >= 0.6 is 0 Å². The third kappa shape index (κ3) is 5.90. The molecule has 1 heterocycles. The number of nitrogens with one attached hydrogen (secondary N) is 4. The fraction of sp³-hybridized carbons (Fsp3) is 0.417. The minimum Gasteiger partial charge on any atom is -0.342 e. The number of benzene rings is 2. The minimum absolute atomic E-state index is 0.00436. The van der Waals surface area contributed by atoms with Crippen molar-refractivity contribution in [3.63, 3.8) is 0 Å². The van der Waals surface area contributed by atoms with Crippen LogP contribution in [0.5, 0.6) is 0 Å². The Balaban J connectivity index is 1.42. The summed E-state index contributed by atoms with van der Waals surface area (Å²) in [7, 11) is 0. The van der Waals surface area contributed by atoms with Gasteiger partial charge in [0.15, 0.2) is 6.04 Å². The van der Waals surface area contributed by atoms with E-state index in [1.807, 2.05) is 45.0 Å². The molecule has 0 aliphatic carbocycles. The van der Waals surface area contributed by atoms with Crippen LogP contribution in [0.4, 0.5) is 5.69 Å². The molecule has 0 saturated carbocycles. The zero-order valence-corrected chi connectivity index (χ0v) is 18.3. The molecule has 1 saturated heterocycles. The lowest BCUT2D eigenvalue weighted by Gasteiger charge is -2.32. The summed E-state index contributed by atoms with van der Waals surface area (Å²) in [5.74, 6) is -0.256. The summed E-state index contributed by atoms with van der Waals surface area (Å²) >= 11 is 0. The van der Waals surface area contributed by atoms with Crippen LogP contribution in [0.1, 0.15) is 23.6 Å². The predicted octanol–water partition coefficient (Wildman–Crippen LogP) is -0.270. The van der Waals surface area contributed by atoms with E-state index in [1.54, 1.807) is 4.90 Å². The molecule has 1 aliphatic rings. The first-order chi connectivity index (χ1) is 14.4. The molecule has 6 heteroatoms. The van der Waals surface area contributed by atoms with E-state index < -0.39 is 0 Å². The molecule has 0 unspecified atom stereocenters. The molecule has 0 bridgehead atoms. The van der Waals surface area contributed by atoms with Crippen LogP contribution in [-0.2, 0) is 16.1 Å². The highest BCUT2D eigenvalue weighted by atomic mass is 16.2. The van der Waals surface area contributed by atoms with E-state index >= 15 is 0 Å². The summed E-state index contributed by atoms with van der Waals surface area (Å²) in [5, 5.41) is 5.73. The van der Waals surface area contributed by atoms with Gasteiger partial charge in [0.1, 0.15) is 32.7 Å². The number of anilines is 1. The van der Waals surface area contributed by atoms with Gasteiger partial charge in [-0.2, -0.15) is 0 Å². The van der Waals surface area contributed by atoms with Gasteiger partial charge in [0.05, 0.1) is 6.54 Å². The fourth-order valence-corrected chi connectivity index (χ4v) is 4.12. The Kier molecular flexibility index (Phi) is 7.60. The highest BCUT2D eigenvalue weighted by molar-refractivity contribution is 5.96. The van der Waals surface area contributed by atoms with Gasteiger partial charge in [0, 0.05) is 11.3 Å². The second-order valence-electron chi connectivity index (χ2n) is 8.33. The summed E-state index contributed by atoms with van der Waals surface area (Å²) in [6, 6.07) is 16.3. The zero-order chi connectivity index (χ0) is 21.5. The number of quaternary nitrogens is 2. The fourth-order valence-electron chi connectivity index (χ4n) is 4.12. The molecule has 6 nitrogen and oxygen atoms in total. The zero-order valence-electron chi connectivity index (χ0n) is 18.3. The third-order valence-corrected chi connectivity index (χ3v) is 6.07. The van der Waals surface area contributed by atoms with Crippen molar-refractivity contribution in [1.29, 1.82) is 0 Å². The van der Waals surface area contributed by atoms with Gasteiger partial charge in [-0.1, -0.05) is 48.5 Å². The molecule has 1 aliphatic heterocycles. The van der Waals surface area contributed by atoms with Crippen molar-refractivity contribution < 1.29 is 19.4 Å². The van der Waals surface area contributed by atoms with Crippen LogP contribution in [0.25, 0.3) is 0 Å². The average Bonchev–Trinajstić information content (AvgIpc) is 2.75. The number of aryl methyl sites for hydroxylation is 2. The molecule has 2 aromatic carbocycles. The molecule has 0 radical (unpaired) electrons. The van der Waals surface area contributed by atoms with E-state index in [9.17, 15) is 9.59 Å². The number of para-hydroxylation sites is 1. The molecule has 0 spiro atoms. The normalized spacial score (nSPS) is 19.7. The Morgan fingerprint density at radius 1 is 0.933 bits per heavy atom. The monoisotopic (exact) mass is 410 g/mol. The van der Waals surface area contributed by atoms with Gasteiger partial charge in [-0.15, -0.1) is 0 Å². The molecule has 1 fully saturated rings. The maximum Gasteiger partial charge on any atom is 0.278 e. The topological polar surface area (TPSA) is 67.1 Å². The van der Waals surface area contributed by atoms with Gasteiger partial charge in [-0.3, -0.25) is 9.59 Å². The summed E-state index contributed by atoms with van der Waals surface area (Å²) in [4.78, 5) is 27.7. The van der Waals surface area contributed by atoms with E-state index in [-0.39, 0.29) is 24.4 Å². The van der Waals surface area contributed by atoms with Crippen molar-refractivity contribution in [2.45, 2.75) is 33.4 Å². The number of hydrogen-bond acceptors (Lipinski definition) is 2. The highest BCUT2D eigenvalue weighted by Crippen LogP contribution is 2.18. The van der Waals surface area contributed by atoms with Gasteiger partial charge in [-0.25, -0.2) is 0 Å². The predicted molar refractivity (Wildman–Crippen MR) is 119 cm³/mol. The van der Waals surface area contributed by atoms with Crippen LogP contribution in [-0.4, -0.2) is 50.6 Å². The second kappa shape index (κ2) is 10.4. The number of amides is 2. The first-order valence-electron chi connectivity index (χ1n) is 10.8. The van der Waals surface area contributed by atoms with E-state index in [1.165, 1.54) is 10.5 Å². The molecular weight excluding hydrogens is 376 g/mol. The maximum atomic E-state index is 12.6. The number of piperazine rings is 1. The molecule has 2 amide bonds. The number of carbonyl (C=O) groups is 2.